The van der Waals surface area contributed by atoms with Crippen molar-refractivity contribution >= 4 is 23.3 Å². The van der Waals surface area contributed by atoms with Crippen molar-refractivity contribution < 1.29 is 27.5 Å². The highest BCUT2D eigenvalue weighted by Crippen LogP contribution is 2.51. The van der Waals surface area contributed by atoms with Crippen LogP contribution in [0.25, 0.3) is 0 Å². The van der Waals surface area contributed by atoms with Gasteiger partial charge in [-0.1, -0.05) is 24.1 Å². The largest absolute Gasteiger partial charge is 0.481 e. The molecule has 2 rings (SSSR count). The summed E-state index contributed by atoms with van der Waals surface area (Å²) < 4.78 is 50.8. The minimum absolute atomic E-state index is 0.00625. The molecule has 4 nitrogen and oxygen atoms in total. The fourth-order valence-corrected chi connectivity index (χ4v) is 4.27. The molecule has 4 unspecified atom stereocenters. The molecule has 1 aliphatic rings. The van der Waals surface area contributed by atoms with Gasteiger partial charge >= 0.3 is 12.1 Å². The molecule has 0 radical (unpaired) electrons. The lowest BCUT2D eigenvalue weighted by atomic mass is 9.60. The zero-order valence-corrected chi connectivity index (χ0v) is 16.7. The Morgan fingerprint density at radius 3 is 2.55 bits per heavy atom. The molecule has 0 spiro atoms. The van der Waals surface area contributed by atoms with E-state index in [0.717, 1.165) is 12.1 Å². The Bertz CT molecular complexity index is 850. The van der Waals surface area contributed by atoms with Gasteiger partial charge in [0.15, 0.2) is 0 Å². The van der Waals surface area contributed by atoms with Gasteiger partial charge in [-0.15, -0.1) is 0 Å². The van der Waals surface area contributed by atoms with E-state index in [1.807, 2.05) is 0 Å². The number of carboxylic acid groups (broad SMARTS) is 1. The van der Waals surface area contributed by atoms with Gasteiger partial charge in [0.1, 0.15) is 5.82 Å². The number of carbonyl (C=O) groups is 1. The second-order valence-electron chi connectivity index (χ2n) is 7.49. The lowest BCUT2D eigenvalue weighted by Crippen LogP contribution is -2.51. The second-order valence-corrected chi connectivity index (χ2v) is 7.89. The smallest absolute Gasteiger partial charge is 0.389 e. The first-order valence-electron chi connectivity index (χ1n) is 9.10. The van der Waals surface area contributed by atoms with Crippen LogP contribution >= 0.6 is 11.6 Å². The average Bonchev–Trinajstić information content (AvgIpc) is 2.60. The maximum Gasteiger partial charge on any atom is 0.389 e. The molecule has 0 bridgehead atoms. The lowest BCUT2D eigenvalue weighted by molar-refractivity contribution is -0.152. The summed E-state index contributed by atoms with van der Waals surface area (Å²) in [4.78, 5) is 16.7. The van der Waals surface area contributed by atoms with E-state index < -0.39 is 47.7 Å². The number of aliphatic imine (C=N–C) groups is 1. The number of halogens is 5. The number of rotatable bonds is 6. The highest BCUT2D eigenvalue weighted by Gasteiger charge is 2.55. The summed E-state index contributed by atoms with van der Waals surface area (Å²) in [6, 6.07) is 4.76. The van der Waals surface area contributed by atoms with Crippen LogP contribution in [0.3, 0.4) is 0 Å². The van der Waals surface area contributed by atoms with Crippen LogP contribution in [0.4, 0.5) is 17.6 Å². The van der Waals surface area contributed by atoms with E-state index in [2.05, 4.69) is 11.1 Å². The summed E-state index contributed by atoms with van der Waals surface area (Å²) in [5.74, 6) is -3.68. The van der Waals surface area contributed by atoms with Crippen molar-refractivity contribution in [3.8, 4) is 6.07 Å². The SMILES string of the molecule is CC1=NC(CCCCC(F)(F)F)C(C)(C(=O)O)C(c2ccc(F)cc2Cl)C1C#N. The standard InChI is InChI=1S/C20H21ClF4N2O2/c1-11-14(10-26)17(13-7-6-12(22)9-15(13)21)19(2,18(28)29)16(27-11)5-3-4-8-20(23,24)25/h6-7,9,14,16-17H,3-5,8H2,1-2H3,(H,28,29). The second kappa shape index (κ2) is 8.70. The van der Waals surface area contributed by atoms with Crippen molar-refractivity contribution in [1.82, 2.24) is 0 Å². The van der Waals surface area contributed by atoms with Crippen LogP contribution in [0.5, 0.6) is 0 Å². The maximum atomic E-state index is 13.5. The third-order valence-electron chi connectivity index (χ3n) is 5.57. The third-order valence-corrected chi connectivity index (χ3v) is 5.89. The Balaban J connectivity index is 2.46. The Kier molecular flexibility index (Phi) is 6.94. The quantitative estimate of drug-likeness (QED) is 0.458. The van der Waals surface area contributed by atoms with Gasteiger partial charge in [-0.3, -0.25) is 9.79 Å². The molecule has 4 atom stereocenters. The molecule has 0 amide bonds. The molecular weight excluding hydrogens is 412 g/mol. The Morgan fingerprint density at radius 2 is 2.03 bits per heavy atom. The zero-order chi connectivity index (χ0) is 22.0. The van der Waals surface area contributed by atoms with Gasteiger partial charge < -0.3 is 5.11 Å². The number of aliphatic carboxylic acids is 1. The van der Waals surface area contributed by atoms with Gasteiger partial charge in [-0.25, -0.2) is 4.39 Å². The number of unbranched alkanes of at least 4 members (excludes halogenated alkanes) is 1. The zero-order valence-electron chi connectivity index (χ0n) is 15.9. The van der Waals surface area contributed by atoms with Crippen LogP contribution in [-0.2, 0) is 4.79 Å². The van der Waals surface area contributed by atoms with Crippen molar-refractivity contribution in [2.75, 3.05) is 0 Å². The van der Waals surface area contributed by atoms with Crippen molar-refractivity contribution in [3.63, 3.8) is 0 Å². The predicted octanol–water partition coefficient (Wildman–Crippen LogP) is 5.76. The molecule has 0 aliphatic carbocycles. The van der Waals surface area contributed by atoms with Gasteiger partial charge in [0.05, 0.1) is 23.4 Å². The molecule has 1 aromatic rings. The monoisotopic (exact) mass is 432 g/mol. The molecule has 0 saturated carbocycles. The summed E-state index contributed by atoms with van der Waals surface area (Å²) in [6.45, 7) is 3.01. The van der Waals surface area contributed by atoms with Crippen molar-refractivity contribution in [3.05, 3.63) is 34.6 Å². The first-order chi connectivity index (χ1) is 13.4. The number of nitrogens with zero attached hydrogens (tertiary/aromatic N) is 2. The van der Waals surface area contributed by atoms with Crippen LogP contribution in [0, 0.1) is 28.5 Å². The number of benzene rings is 1. The van der Waals surface area contributed by atoms with Crippen LogP contribution in [0.2, 0.25) is 5.02 Å². The molecule has 158 valence electrons. The molecule has 9 heteroatoms. The summed E-state index contributed by atoms with van der Waals surface area (Å²) in [6.07, 6.45) is -5.14. The van der Waals surface area contributed by atoms with Gasteiger partial charge in [0, 0.05) is 23.1 Å². The van der Waals surface area contributed by atoms with E-state index in [1.165, 1.54) is 13.0 Å². The lowest BCUT2D eigenvalue weighted by Gasteiger charge is -2.45. The third kappa shape index (κ3) is 4.89. The van der Waals surface area contributed by atoms with E-state index >= 15 is 0 Å². The van der Waals surface area contributed by atoms with E-state index in [9.17, 15) is 32.7 Å². The molecule has 0 aromatic heterocycles. The molecule has 1 aromatic carbocycles. The normalized spacial score (nSPS) is 27.2. The Labute approximate surface area is 171 Å². The summed E-state index contributed by atoms with van der Waals surface area (Å²) >= 11 is 6.18. The molecular formula is C20H21ClF4N2O2. The number of carboxylic acids is 1. The number of hydrogen-bond acceptors (Lipinski definition) is 3. The van der Waals surface area contributed by atoms with Gasteiger partial charge in [-0.05, 0) is 44.4 Å². The van der Waals surface area contributed by atoms with E-state index in [1.54, 1.807) is 6.92 Å². The first-order valence-corrected chi connectivity index (χ1v) is 9.48. The number of nitriles is 1. The van der Waals surface area contributed by atoms with Crippen LogP contribution < -0.4 is 0 Å². The molecule has 1 aliphatic heterocycles. The molecule has 0 saturated heterocycles. The predicted molar refractivity (Wildman–Crippen MR) is 100 cm³/mol. The van der Waals surface area contributed by atoms with E-state index in [0.29, 0.717) is 11.3 Å². The van der Waals surface area contributed by atoms with Crippen LogP contribution in [0.15, 0.2) is 23.2 Å². The first kappa shape index (κ1) is 23.1. The van der Waals surface area contributed by atoms with Gasteiger partial charge in [0.2, 0.25) is 0 Å². The van der Waals surface area contributed by atoms with Gasteiger partial charge in [-0.2, -0.15) is 18.4 Å². The summed E-state index contributed by atoms with van der Waals surface area (Å²) in [5, 5.41) is 19.7. The van der Waals surface area contributed by atoms with Crippen molar-refractivity contribution in [2.24, 2.45) is 16.3 Å². The minimum atomic E-state index is -4.28. The number of hydrogen-bond donors (Lipinski definition) is 1. The highest BCUT2D eigenvalue weighted by atomic mass is 35.5. The van der Waals surface area contributed by atoms with Gasteiger partial charge in [0.25, 0.3) is 0 Å². The molecule has 0 fully saturated rings. The van der Waals surface area contributed by atoms with E-state index in [4.69, 9.17) is 11.6 Å². The van der Waals surface area contributed by atoms with Crippen molar-refractivity contribution in [1.29, 1.82) is 5.26 Å². The summed E-state index contributed by atoms with van der Waals surface area (Å²) in [7, 11) is 0. The van der Waals surface area contributed by atoms with E-state index in [-0.39, 0.29) is 24.3 Å². The Hall–Kier alpha value is -2.14. The summed E-state index contributed by atoms with van der Waals surface area (Å²) in [5.41, 5.74) is -0.906. The maximum absolute atomic E-state index is 13.5. The fourth-order valence-electron chi connectivity index (χ4n) is 3.98. The van der Waals surface area contributed by atoms with Crippen molar-refractivity contribution in [2.45, 2.75) is 57.7 Å². The van der Waals surface area contributed by atoms with Crippen LogP contribution in [-0.4, -0.2) is 29.0 Å². The highest BCUT2D eigenvalue weighted by molar-refractivity contribution is 6.31. The average molecular weight is 433 g/mol. The molecule has 29 heavy (non-hydrogen) atoms. The fraction of sp³-hybridized carbons (Fsp3) is 0.550. The Morgan fingerprint density at radius 1 is 1.38 bits per heavy atom. The van der Waals surface area contributed by atoms with Crippen LogP contribution in [0.1, 0.15) is 51.0 Å². The molecule has 1 heterocycles. The topological polar surface area (TPSA) is 73.4 Å². The molecule has 1 N–H and O–H groups in total. The number of alkyl halides is 3. The minimum Gasteiger partial charge on any atom is -0.481 e.